The van der Waals surface area contributed by atoms with E-state index in [4.69, 9.17) is 5.11 Å². The lowest BCUT2D eigenvalue weighted by atomic mass is 10.2. The van der Waals surface area contributed by atoms with Crippen LogP contribution in [0, 0.1) is 5.82 Å². The van der Waals surface area contributed by atoms with E-state index >= 15 is 0 Å². The topological polar surface area (TPSA) is 47.9 Å². The van der Waals surface area contributed by atoms with Gasteiger partial charge in [0.2, 0.25) is 0 Å². The van der Waals surface area contributed by atoms with Crippen LogP contribution in [0.4, 0.5) is 4.39 Å². The average Bonchev–Trinajstić information content (AvgIpc) is 1.88. The third-order valence-electron chi connectivity index (χ3n) is 1.31. The number of rotatable bonds is 1. The van der Waals surface area contributed by atoms with Gasteiger partial charge in [0, 0.05) is 11.6 Å². The molecule has 3 heteroatoms. The number of phenols is 1. The van der Waals surface area contributed by atoms with E-state index in [-0.39, 0.29) is 5.75 Å². The van der Waals surface area contributed by atoms with Crippen molar-refractivity contribution in [3.63, 3.8) is 0 Å². The Morgan fingerprint density at radius 2 is 2.20 bits per heavy atom. The van der Waals surface area contributed by atoms with Gasteiger partial charge in [-0.05, 0) is 12.1 Å². The van der Waals surface area contributed by atoms with Crippen LogP contribution in [0.15, 0.2) is 18.2 Å². The lowest BCUT2D eigenvalue weighted by Gasteiger charge is -1.96. The molecule has 0 heterocycles. The van der Waals surface area contributed by atoms with Gasteiger partial charge < -0.3 is 10.8 Å². The molecular formula is C7H9FNO+. The van der Waals surface area contributed by atoms with Crippen LogP contribution in [0.2, 0.25) is 0 Å². The van der Waals surface area contributed by atoms with Crippen molar-refractivity contribution in [3.8, 4) is 5.75 Å². The summed E-state index contributed by atoms with van der Waals surface area (Å²) in [6.45, 7) is 0.409. The summed E-state index contributed by atoms with van der Waals surface area (Å²) in [6.07, 6.45) is 0. The number of phenolic OH excluding ortho intramolecular Hbond substituents is 1. The molecule has 0 aliphatic carbocycles. The third-order valence-corrected chi connectivity index (χ3v) is 1.31. The van der Waals surface area contributed by atoms with E-state index in [2.05, 4.69) is 5.73 Å². The third kappa shape index (κ3) is 1.25. The second-order valence-electron chi connectivity index (χ2n) is 2.03. The van der Waals surface area contributed by atoms with E-state index in [9.17, 15) is 4.39 Å². The summed E-state index contributed by atoms with van der Waals surface area (Å²) in [6, 6.07) is 4.06. The predicted octanol–water partition coefficient (Wildman–Crippen LogP) is 0.273. The second-order valence-corrected chi connectivity index (χ2v) is 2.03. The maximum atomic E-state index is 12.7. The van der Waals surface area contributed by atoms with Crippen LogP contribution >= 0.6 is 0 Å². The van der Waals surface area contributed by atoms with Crippen molar-refractivity contribution in [2.75, 3.05) is 0 Å². The van der Waals surface area contributed by atoms with Crippen LogP contribution in [-0.4, -0.2) is 5.11 Å². The summed E-state index contributed by atoms with van der Waals surface area (Å²) < 4.78 is 12.7. The average molecular weight is 142 g/mol. The van der Waals surface area contributed by atoms with Crippen molar-refractivity contribution in [2.24, 2.45) is 0 Å². The summed E-state index contributed by atoms with van der Waals surface area (Å²) in [5.74, 6) is -0.440. The van der Waals surface area contributed by atoms with Crippen molar-refractivity contribution >= 4 is 0 Å². The van der Waals surface area contributed by atoms with Crippen LogP contribution in [0.3, 0.4) is 0 Å². The van der Waals surface area contributed by atoms with Crippen molar-refractivity contribution < 1.29 is 15.2 Å². The van der Waals surface area contributed by atoms with Gasteiger partial charge in [0.25, 0.3) is 0 Å². The summed E-state index contributed by atoms with van der Waals surface area (Å²) in [5.41, 5.74) is 4.05. The van der Waals surface area contributed by atoms with Gasteiger partial charge in [-0.3, -0.25) is 0 Å². The van der Waals surface area contributed by atoms with E-state index in [0.29, 0.717) is 12.1 Å². The number of halogens is 1. The first-order valence-corrected chi connectivity index (χ1v) is 3.00. The largest absolute Gasteiger partial charge is 0.508 e. The molecule has 0 bridgehead atoms. The molecule has 0 saturated heterocycles. The van der Waals surface area contributed by atoms with Crippen LogP contribution < -0.4 is 5.73 Å². The Morgan fingerprint density at radius 3 is 2.70 bits per heavy atom. The van der Waals surface area contributed by atoms with Gasteiger partial charge in [-0.15, -0.1) is 0 Å². The van der Waals surface area contributed by atoms with Crippen LogP contribution in [0.5, 0.6) is 5.75 Å². The van der Waals surface area contributed by atoms with E-state index in [1.54, 1.807) is 0 Å². The second kappa shape index (κ2) is 2.66. The summed E-state index contributed by atoms with van der Waals surface area (Å²) in [5, 5.41) is 8.77. The van der Waals surface area contributed by atoms with Crippen molar-refractivity contribution in [3.05, 3.63) is 29.6 Å². The minimum Gasteiger partial charge on any atom is -0.508 e. The Bertz CT molecular complexity index is 237. The molecule has 0 spiro atoms. The highest BCUT2D eigenvalue weighted by Gasteiger charge is 2.00. The van der Waals surface area contributed by atoms with E-state index in [1.165, 1.54) is 12.1 Å². The monoisotopic (exact) mass is 142 g/mol. The molecule has 1 aromatic rings. The normalized spacial score (nSPS) is 9.80. The molecular weight excluding hydrogens is 133 g/mol. The molecule has 0 aliphatic rings. The number of benzene rings is 1. The lowest BCUT2D eigenvalue weighted by molar-refractivity contribution is -0.386. The van der Waals surface area contributed by atoms with Crippen molar-refractivity contribution in [2.45, 2.75) is 6.54 Å². The molecule has 0 atom stereocenters. The Balaban J connectivity index is 3.07. The fourth-order valence-corrected chi connectivity index (χ4v) is 0.739. The maximum Gasteiger partial charge on any atom is 0.135 e. The summed E-state index contributed by atoms with van der Waals surface area (Å²) in [4.78, 5) is 0. The highest BCUT2D eigenvalue weighted by Crippen LogP contribution is 2.13. The molecule has 2 nitrogen and oxygen atoms in total. The fraction of sp³-hybridized carbons (Fsp3) is 0.143. The van der Waals surface area contributed by atoms with Gasteiger partial charge >= 0.3 is 0 Å². The molecule has 0 saturated carbocycles. The number of hydrogen-bond acceptors (Lipinski definition) is 1. The van der Waals surface area contributed by atoms with Gasteiger partial charge in [-0.1, -0.05) is 0 Å². The molecule has 0 fully saturated rings. The Labute approximate surface area is 58.1 Å². The SMILES string of the molecule is [NH3+]Cc1ccc(O)cc1F. The van der Waals surface area contributed by atoms with Gasteiger partial charge in [0.05, 0.1) is 0 Å². The Morgan fingerprint density at radius 1 is 1.50 bits per heavy atom. The minimum absolute atomic E-state index is 0.0466. The van der Waals surface area contributed by atoms with Crippen LogP contribution in [-0.2, 0) is 6.54 Å². The van der Waals surface area contributed by atoms with Crippen molar-refractivity contribution in [1.29, 1.82) is 0 Å². The predicted molar refractivity (Wildman–Crippen MR) is 34.7 cm³/mol. The molecule has 0 unspecified atom stereocenters. The smallest absolute Gasteiger partial charge is 0.135 e. The van der Waals surface area contributed by atoms with Gasteiger partial charge in [0.1, 0.15) is 18.1 Å². The molecule has 10 heavy (non-hydrogen) atoms. The summed E-state index contributed by atoms with van der Waals surface area (Å²) in [7, 11) is 0. The first-order chi connectivity index (χ1) is 4.74. The lowest BCUT2D eigenvalue weighted by Crippen LogP contribution is -2.47. The van der Waals surface area contributed by atoms with E-state index in [1.807, 2.05) is 0 Å². The Hall–Kier alpha value is -1.09. The molecule has 0 aromatic heterocycles. The molecule has 0 radical (unpaired) electrons. The fourth-order valence-electron chi connectivity index (χ4n) is 0.739. The number of aromatic hydroxyl groups is 1. The highest BCUT2D eigenvalue weighted by molar-refractivity contribution is 5.26. The van der Waals surface area contributed by atoms with E-state index < -0.39 is 5.82 Å². The molecule has 0 amide bonds. The molecule has 1 aromatic carbocycles. The number of hydrogen-bond donors (Lipinski definition) is 2. The molecule has 1 rings (SSSR count). The van der Waals surface area contributed by atoms with Gasteiger partial charge in [-0.25, -0.2) is 4.39 Å². The first-order valence-electron chi connectivity index (χ1n) is 3.00. The zero-order chi connectivity index (χ0) is 7.56. The molecule has 0 aliphatic heterocycles. The van der Waals surface area contributed by atoms with Crippen LogP contribution in [0.1, 0.15) is 5.56 Å². The van der Waals surface area contributed by atoms with Crippen LogP contribution in [0.25, 0.3) is 0 Å². The van der Waals surface area contributed by atoms with Gasteiger partial charge in [0.15, 0.2) is 0 Å². The first kappa shape index (κ1) is 7.02. The van der Waals surface area contributed by atoms with E-state index in [0.717, 1.165) is 6.07 Å². The van der Waals surface area contributed by atoms with Gasteiger partial charge in [-0.2, -0.15) is 0 Å². The minimum atomic E-state index is -0.394. The molecule has 4 N–H and O–H groups in total. The number of quaternary nitrogens is 1. The standard InChI is InChI=1S/C7H8FNO/c8-7-3-6(10)2-1-5(7)4-9/h1-3,10H,4,9H2/p+1. The maximum absolute atomic E-state index is 12.7. The molecule has 54 valence electrons. The van der Waals surface area contributed by atoms with Crippen molar-refractivity contribution in [1.82, 2.24) is 0 Å². The zero-order valence-corrected chi connectivity index (χ0v) is 5.47. The highest BCUT2D eigenvalue weighted by atomic mass is 19.1. The quantitative estimate of drug-likeness (QED) is 0.581. The summed E-state index contributed by atoms with van der Waals surface area (Å²) >= 11 is 0. The Kier molecular flexibility index (Phi) is 1.87. The zero-order valence-electron chi connectivity index (χ0n) is 5.47.